The van der Waals surface area contributed by atoms with Crippen molar-refractivity contribution in [2.24, 2.45) is 0 Å². The number of hydrogen-bond donors (Lipinski definition) is 1. The van der Waals surface area contributed by atoms with Gasteiger partial charge in [0.05, 0.1) is 7.11 Å². The molecule has 1 atom stereocenters. The fraction of sp³-hybridized carbons (Fsp3) is 0.278. The number of amides is 1. The van der Waals surface area contributed by atoms with Gasteiger partial charge in [0.1, 0.15) is 22.2 Å². The Morgan fingerprint density at radius 1 is 1.15 bits per heavy atom. The predicted molar refractivity (Wildman–Crippen MR) is 99.0 cm³/mol. The van der Waals surface area contributed by atoms with E-state index in [4.69, 9.17) is 9.47 Å². The molecule has 146 valence electrons. The number of ether oxygens (including phenoxy) is 2. The lowest BCUT2D eigenvalue weighted by Crippen LogP contribution is -2.30. The van der Waals surface area contributed by atoms with E-state index in [1.807, 2.05) is 0 Å². The average molecular weight is 396 g/mol. The first-order valence-electron chi connectivity index (χ1n) is 7.99. The third-order valence-corrected chi connectivity index (χ3v) is 5.52. The molecule has 0 spiro atoms. The lowest BCUT2D eigenvalue weighted by molar-refractivity contribution is -0.122. The second kappa shape index (κ2) is 8.36. The second-order valence-corrected chi connectivity index (χ2v) is 7.98. The molecule has 9 heteroatoms. The van der Waals surface area contributed by atoms with Crippen LogP contribution in [0.15, 0.2) is 47.4 Å². The molecule has 0 aliphatic carbocycles. The van der Waals surface area contributed by atoms with Crippen molar-refractivity contribution in [2.45, 2.75) is 17.9 Å². The summed E-state index contributed by atoms with van der Waals surface area (Å²) in [5, 5.41) is 2.60. The number of anilines is 1. The summed E-state index contributed by atoms with van der Waals surface area (Å²) in [5.41, 5.74) is 0.274. The Hall–Kier alpha value is -2.65. The molecular weight excluding hydrogens is 375 g/mol. The molecular formula is C18H21FN2O5S. The summed E-state index contributed by atoms with van der Waals surface area (Å²) in [7, 11) is 0.404. The van der Waals surface area contributed by atoms with Gasteiger partial charge in [0.25, 0.3) is 5.91 Å². The van der Waals surface area contributed by atoms with E-state index in [1.165, 1.54) is 70.6 Å². The van der Waals surface area contributed by atoms with Gasteiger partial charge in [0, 0.05) is 19.8 Å². The van der Waals surface area contributed by atoms with Gasteiger partial charge in [0.2, 0.25) is 10.0 Å². The standard InChI is InChI=1S/C18H21FN2O5S/c1-12(26-15-8-5-13(19)6-9-15)18(22)20-14-7-10-16(25-4)17(11-14)27(23,24)21(2)3/h5-12H,1-4H3,(H,20,22)/t12-/m1/s1. The highest BCUT2D eigenvalue weighted by atomic mass is 32.2. The van der Waals surface area contributed by atoms with Gasteiger partial charge in [-0.1, -0.05) is 0 Å². The lowest BCUT2D eigenvalue weighted by atomic mass is 10.2. The van der Waals surface area contributed by atoms with Gasteiger partial charge >= 0.3 is 0 Å². The van der Waals surface area contributed by atoms with Crippen molar-refractivity contribution in [3.05, 3.63) is 48.3 Å². The van der Waals surface area contributed by atoms with Crippen molar-refractivity contribution in [1.29, 1.82) is 0 Å². The van der Waals surface area contributed by atoms with Crippen LogP contribution in [0.4, 0.5) is 10.1 Å². The maximum Gasteiger partial charge on any atom is 0.265 e. The molecule has 0 aliphatic heterocycles. The molecule has 1 N–H and O–H groups in total. The minimum atomic E-state index is -3.76. The molecule has 0 aromatic heterocycles. The summed E-state index contributed by atoms with van der Waals surface area (Å²) in [6.45, 7) is 1.53. The van der Waals surface area contributed by atoms with Crippen molar-refractivity contribution >= 4 is 21.6 Å². The van der Waals surface area contributed by atoms with Crippen LogP contribution in [0.3, 0.4) is 0 Å². The highest BCUT2D eigenvalue weighted by molar-refractivity contribution is 7.89. The maximum atomic E-state index is 12.9. The summed E-state index contributed by atoms with van der Waals surface area (Å²) < 4.78 is 49.4. The van der Waals surface area contributed by atoms with E-state index in [1.54, 1.807) is 0 Å². The van der Waals surface area contributed by atoms with Crippen LogP contribution in [0.1, 0.15) is 6.92 Å². The molecule has 0 unspecified atom stereocenters. The summed E-state index contributed by atoms with van der Waals surface area (Å²) in [6, 6.07) is 9.57. The summed E-state index contributed by atoms with van der Waals surface area (Å²) in [5.74, 6) is -0.396. The molecule has 2 aromatic rings. The largest absolute Gasteiger partial charge is 0.495 e. The molecule has 7 nitrogen and oxygen atoms in total. The van der Waals surface area contributed by atoms with Gasteiger partial charge in [-0.05, 0) is 49.4 Å². The molecule has 0 heterocycles. The first-order valence-corrected chi connectivity index (χ1v) is 9.43. The fourth-order valence-electron chi connectivity index (χ4n) is 2.17. The third-order valence-electron chi connectivity index (χ3n) is 3.69. The van der Waals surface area contributed by atoms with Gasteiger partial charge in [-0.2, -0.15) is 0 Å². The number of carbonyl (C=O) groups excluding carboxylic acids is 1. The second-order valence-electron chi connectivity index (χ2n) is 5.86. The van der Waals surface area contributed by atoms with Crippen molar-refractivity contribution in [2.75, 3.05) is 26.5 Å². The summed E-state index contributed by atoms with van der Waals surface area (Å²) >= 11 is 0. The molecule has 1 amide bonds. The number of benzene rings is 2. The van der Waals surface area contributed by atoms with Crippen molar-refractivity contribution < 1.29 is 27.1 Å². The van der Waals surface area contributed by atoms with E-state index in [9.17, 15) is 17.6 Å². The molecule has 0 saturated heterocycles. The number of carbonyl (C=O) groups is 1. The molecule has 0 aliphatic rings. The van der Waals surface area contributed by atoms with Crippen LogP contribution in [-0.2, 0) is 14.8 Å². The average Bonchev–Trinajstić information content (AvgIpc) is 2.63. The maximum absolute atomic E-state index is 12.9. The number of halogens is 1. The first kappa shape index (κ1) is 20.7. The Morgan fingerprint density at radius 2 is 1.78 bits per heavy atom. The quantitative estimate of drug-likeness (QED) is 0.777. The van der Waals surface area contributed by atoms with Crippen molar-refractivity contribution in [1.82, 2.24) is 4.31 Å². The minimum Gasteiger partial charge on any atom is -0.495 e. The molecule has 2 aromatic carbocycles. The summed E-state index contributed by atoms with van der Waals surface area (Å²) in [6.07, 6.45) is -0.883. The number of methoxy groups -OCH3 is 1. The van der Waals surface area contributed by atoms with Gasteiger partial charge < -0.3 is 14.8 Å². The van der Waals surface area contributed by atoms with E-state index in [0.717, 1.165) is 4.31 Å². The zero-order chi connectivity index (χ0) is 20.2. The van der Waals surface area contributed by atoms with E-state index in [0.29, 0.717) is 5.75 Å². The zero-order valence-electron chi connectivity index (χ0n) is 15.4. The van der Waals surface area contributed by atoms with E-state index in [2.05, 4.69) is 5.32 Å². The molecule has 0 fully saturated rings. The topological polar surface area (TPSA) is 84.9 Å². The monoisotopic (exact) mass is 396 g/mol. The van der Waals surface area contributed by atoms with Crippen LogP contribution in [0.2, 0.25) is 0 Å². The predicted octanol–water partition coefficient (Wildman–Crippen LogP) is 2.49. The molecule has 0 saturated carbocycles. The SMILES string of the molecule is COc1ccc(NC(=O)[C@@H](C)Oc2ccc(F)cc2)cc1S(=O)(=O)N(C)C. The Bertz CT molecular complexity index is 914. The van der Waals surface area contributed by atoms with E-state index in [-0.39, 0.29) is 16.3 Å². The smallest absolute Gasteiger partial charge is 0.265 e. The van der Waals surface area contributed by atoms with E-state index >= 15 is 0 Å². The number of hydrogen-bond acceptors (Lipinski definition) is 5. The Labute approximate surface area is 157 Å². The normalized spacial score (nSPS) is 12.5. The van der Waals surface area contributed by atoms with Crippen molar-refractivity contribution in [3.63, 3.8) is 0 Å². The van der Waals surface area contributed by atoms with Gasteiger partial charge in [0.15, 0.2) is 6.10 Å². The van der Waals surface area contributed by atoms with Crippen LogP contribution in [0.25, 0.3) is 0 Å². The molecule has 0 bridgehead atoms. The third kappa shape index (κ3) is 4.95. The van der Waals surface area contributed by atoms with Gasteiger partial charge in [-0.3, -0.25) is 4.79 Å². The van der Waals surface area contributed by atoms with Crippen LogP contribution in [0.5, 0.6) is 11.5 Å². The van der Waals surface area contributed by atoms with Crippen LogP contribution < -0.4 is 14.8 Å². The first-order chi connectivity index (χ1) is 12.6. The Balaban J connectivity index is 2.18. The number of rotatable bonds is 7. The number of nitrogens with one attached hydrogen (secondary N) is 1. The van der Waals surface area contributed by atoms with Crippen LogP contribution in [0, 0.1) is 5.82 Å². The summed E-state index contributed by atoms with van der Waals surface area (Å²) in [4.78, 5) is 12.3. The molecule has 0 radical (unpaired) electrons. The molecule has 2 rings (SSSR count). The zero-order valence-corrected chi connectivity index (χ0v) is 16.2. The Morgan fingerprint density at radius 3 is 2.33 bits per heavy atom. The lowest BCUT2D eigenvalue weighted by Gasteiger charge is -2.17. The Kier molecular flexibility index (Phi) is 6.40. The number of sulfonamides is 1. The van der Waals surface area contributed by atoms with Crippen LogP contribution in [-0.4, -0.2) is 45.9 Å². The number of nitrogens with zero attached hydrogens (tertiary/aromatic N) is 1. The van der Waals surface area contributed by atoms with E-state index < -0.39 is 27.9 Å². The fourth-order valence-corrected chi connectivity index (χ4v) is 3.24. The van der Waals surface area contributed by atoms with Gasteiger partial charge in [-0.25, -0.2) is 17.1 Å². The minimum absolute atomic E-state index is 0.0695. The molecule has 27 heavy (non-hydrogen) atoms. The highest BCUT2D eigenvalue weighted by Crippen LogP contribution is 2.29. The van der Waals surface area contributed by atoms with Gasteiger partial charge in [-0.15, -0.1) is 0 Å². The van der Waals surface area contributed by atoms with Crippen molar-refractivity contribution in [3.8, 4) is 11.5 Å². The highest BCUT2D eigenvalue weighted by Gasteiger charge is 2.23. The van der Waals surface area contributed by atoms with Crippen LogP contribution >= 0.6 is 0 Å².